The topological polar surface area (TPSA) is 96.9 Å². The number of rotatable bonds is 4. The predicted octanol–water partition coefficient (Wildman–Crippen LogP) is 3.59. The number of carbonyl (C=O) groups excluding carboxylic acids is 1. The maximum absolute atomic E-state index is 13.8. The van der Waals surface area contributed by atoms with Gasteiger partial charge in [0.1, 0.15) is 11.7 Å². The summed E-state index contributed by atoms with van der Waals surface area (Å²) in [5, 5.41) is 15.5. The monoisotopic (exact) mass is 462 g/mol. The van der Waals surface area contributed by atoms with Gasteiger partial charge in [-0.2, -0.15) is 5.10 Å². The molecule has 10 heteroatoms. The molecule has 1 amide bonds. The number of piperazine rings is 1. The summed E-state index contributed by atoms with van der Waals surface area (Å²) in [6.45, 7) is 4.16. The second-order valence-corrected chi connectivity index (χ2v) is 8.45. The Kier molecular flexibility index (Phi) is 5.56. The maximum Gasteiger partial charge on any atom is 0.269 e. The van der Waals surface area contributed by atoms with E-state index in [2.05, 4.69) is 15.0 Å². The van der Waals surface area contributed by atoms with Crippen molar-refractivity contribution in [1.82, 2.24) is 14.7 Å². The number of carbonyl (C=O) groups is 1. The van der Waals surface area contributed by atoms with E-state index < -0.39 is 16.9 Å². The largest absolute Gasteiger partial charge is 0.368 e. The third kappa shape index (κ3) is 3.91. The van der Waals surface area contributed by atoms with Gasteiger partial charge in [-0.25, -0.2) is 14.1 Å². The highest BCUT2D eigenvalue weighted by atomic mass is 19.1. The molecule has 0 spiro atoms. The highest BCUT2D eigenvalue weighted by molar-refractivity contribution is 6.05. The summed E-state index contributed by atoms with van der Waals surface area (Å²) in [6.07, 6.45) is 1.64. The van der Waals surface area contributed by atoms with Crippen LogP contribution in [0, 0.1) is 21.8 Å². The minimum atomic E-state index is -0.578. The number of halogens is 1. The van der Waals surface area contributed by atoms with Gasteiger partial charge in [0.05, 0.1) is 17.2 Å². The van der Waals surface area contributed by atoms with Gasteiger partial charge in [-0.3, -0.25) is 14.9 Å². The lowest BCUT2D eigenvalue weighted by molar-refractivity contribution is -0.384. The lowest BCUT2D eigenvalue weighted by Gasteiger charge is -2.40. The molecule has 2 unspecified atom stereocenters. The summed E-state index contributed by atoms with van der Waals surface area (Å²) in [5.74, 6) is -0.262. The predicted molar refractivity (Wildman–Crippen MR) is 125 cm³/mol. The van der Waals surface area contributed by atoms with Crippen molar-refractivity contribution in [3.05, 3.63) is 82.3 Å². The molecule has 1 aromatic heterocycles. The fourth-order valence-electron chi connectivity index (χ4n) is 4.70. The van der Waals surface area contributed by atoms with Crippen LogP contribution in [0.3, 0.4) is 0 Å². The molecule has 1 saturated heterocycles. The first-order valence-electron chi connectivity index (χ1n) is 11.0. The Morgan fingerprint density at radius 3 is 2.35 bits per heavy atom. The Morgan fingerprint density at radius 2 is 1.71 bits per heavy atom. The zero-order valence-corrected chi connectivity index (χ0v) is 18.5. The lowest BCUT2D eigenvalue weighted by Crippen LogP contribution is -2.53. The number of benzene rings is 2. The van der Waals surface area contributed by atoms with Crippen LogP contribution in [-0.4, -0.2) is 57.4 Å². The number of aliphatic imine (C=N–C) groups is 1. The Labute approximate surface area is 195 Å². The molecule has 174 valence electrons. The SMILES string of the molecule is CC1=Nc2ccnn2C(c2ccc([N+](=O)[O-])cc2)C1C(=O)N1CCN(c2ccc(F)cc2)CC1. The first-order valence-corrected chi connectivity index (χ1v) is 11.0. The van der Waals surface area contributed by atoms with Crippen LogP contribution in [0.4, 0.5) is 21.6 Å². The van der Waals surface area contributed by atoms with Crippen LogP contribution >= 0.6 is 0 Å². The minimum absolute atomic E-state index is 0.00886. The summed E-state index contributed by atoms with van der Waals surface area (Å²) in [5.41, 5.74) is 2.36. The molecule has 2 aromatic carbocycles. The molecule has 34 heavy (non-hydrogen) atoms. The van der Waals surface area contributed by atoms with E-state index in [1.807, 2.05) is 11.8 Å². The van der Waals surface area contributed by atoms with E-state index in [0.29, 0.717) is 37.7 Å². The van der Waals surface area contributed by atoms with Gasteiger partial charge < -0.3 is 9.80 Å². The van der Waals surface area contributed by atoms with Crippen molar-refractivity contribution >= 4 is 28.8 Å². The van der Waals surface area contributed by atoms with Crippen molar-refractivity contribution in [2.45, 2.75) is 13.0 Å². The van der Waals surface area contributed by atoms with E-state index in [-0.39, 0.29) is 17.4 Å². The molecular weight excluding hydrogens is 439 g/mol. The Morgan fingerprint density at radius 1 is 1.03 bits per heavy atom. The molecule has 0 radical (unpaired) electrons. The smallest absolute Gasteiger partial charge is 0.269 e. The first-order chi connectivity index (χ1) is 16.4. The van der Waals surface area contributed by atoms with Gasteiger partial charge in [0, 0.05) is 55.8 Å². The van der Waals surface area contributed by atoms with Gasteiger partial charge in [-0.15, -0.1) is 0 Å². The molecule has 9 nitrogen and oxygen atoms in total. The molecule has 3 aromatic rings. The van der Waals surface area contributed by atoms with E-state index in [4.69, 9.17) is 0 Å². The van der Waals surface area contributed by atoms with Crippen LogP contribution in [0.1, 0.15) is 18.5 Å². The number of hydrogen-bond donors (Lipinski definition) is 0. The average molecular weight is 462 g/mol. The van der Waals surface area contributed by atoms with Gasteiger partial charge in [0.25, 0.3) is 5.69 Å². The molecular formula is C24H23FN6O3. The molecule has 0 bridgehead atoms. The fraction of sp³-hybridized carbons (Fsp3) is 0.292. The van der Waals surface area contributed by atoms with Gasteiger partial charge in [0.15, 0.2) is 5.82 Å². The quantitative estimate of drug-likeness (QED) is 0.436. The Hall–Kier alpha value is -4.08. The number of aromatic nitrogens is 2. The van der Waals surface area contributed by atoms with Crippen molar-refractivity contribution in [3.8, 4) is 0 Å². The molecule has 1 fully saturated rings. The third-order valence-corrected chi connectivity index (χ3v) is 6.46. The zero-order valence-electron chi connectivity index (χ0n) is 18.5. The van der Waals surface area contributed by atoms with Crippen LogP contribution < -0.4 is 4.90 Å². The van der Waals surface area contributed by atoms with Gasteiger partial charge in [0.2, 0.25) is 5.91 Å². The fourth-order valence-corrected chi connectivity index (χ4v) is 4.70. The van der Waals surface area contributed by atoms with E-state index in [9.17, 15) is 19.3 Å². The molecule has 3 heterocycles. The molecule has 0 N–H and O–H groups in total. The molecule has 0 aliphatic carbocycles. The van der Waals surface area contributed by atoms with Crippen molar-refractivity contribution < 1.29 is 14.1 Å². The van der Waals surface area contributed by atoms with Crippen LogP contribution in [0.15, 0.2) is 65.8 Å². The van der Waals surface area contributed by atoms with Gasteiger partial charge >= 0.3 is 0 Å². The molecule has 0 saturated carbocycles. The summed E-state index contributed by atoms with van der Waals surface area (Å²) in [4.78, 5) is 33.0. The third-order valence-electron chi connectivity index (χ3n) is 6.46. The van der Waals surface area contributed by atoms with Crippen LogP contribution in [0.2, 0.25) is 0 Å². The highest BCUT2D eigenvalue weighted by Gasteiger charge is 2.40. The number of anilines is 1. The first kappa shape index (κ1) is 21.7. The van der Waals surface area contributed by atoms with Crippen molar-refractivity contribution in [2.75, 3.05) is 31.1 Å². The van der Waals surface area contributed by atoms with Crippen LogP contribution in [-0.2, 0) is 4.79 Å². The van der Waals surface area contributed by atoms with Crippen molar-refractivity contribution in [1.29, 1.82) is 0 Å². The summed E-state index contributed by atoms with van der Waals surface area (Å²) >= 11 is 0. The molecule has 2 aliphatic heterocycles. The summed E-state index contributed by atoms with van der Waals surface area (Å²) in [6, 6.07) is 13.9. The number of nitro benzene ring substituents is 1. The second kappa shape index (κ2) is 8.69. The minimum Gasteiger partial charge on any atom is -0.368 e. The number of fused-ring (bicyclic) bond motifs is 1. The zero-order chi connectivity index (χ0) is 23.8. The van der Waals surface area contributed by atoms with Crippen molar-refractivity contribution in [2.24, 2.45) is 10.9 Å². The van der Waals surface area contributed by atoms with Gasteiger partial charge in [-0.1, -0.05) is 12.1 Å². The Bertz CT molecular complexity index is 1250. The second-order valence-electron chi connectivity index (χ2n) is 8.45. The van der Waals surface area contributed by atoms with Crippen molar-refractivity contribution in [3.63, 3.8) is 0 Å². The summed E-state index contributed by atoms with van der Waals surface area (Å²) < 4.78 is 15.0. The van der Waals surface area contributed by atoms with E-state index >= 15 is 0 Å². The number of non-ortho nitro benzene ring substituents is 1. The number of nitrogens with zero attached hydrogens (tertiary/aromatic N) is 6. The number of hydrogen-bond acceptors (Lipinski definition) is 6. The Balaban J connectivity index is 1.40. The van der Waals surface area contributed by atoms with E-state index in [0.717, 1.165) is 11.3 Å². The van der Waals surface area contributed by atoms with Crippen LogP contribution in [0.25, 0.3) is 0 Å². The normalized spacial score (nSPS) is 20.0. The number of amides is 1. The molecule has 2 aliphatic rings. The maximum atomic E-state index is 13.8. The highest BCUT2D eigenvalue weighted by Crippen LogP contribution is 2.37. The standard InChI is InChI=1S/C24H23FN6O3/c1-16-22(24(32)29-14-12-28(13-15-29)19-8-4-18(25)5-9-19)23(30-21(27-16)10-11-26-30)17-2-6-20(7-3-17)31(33)34/h2-11,22-23H,12-15H2,1H3. The molecule has 5 rings (SSSR count). The number of nitro groups is 1. The lowest BCUT2D eigenvalue weighted by atomic mass is 9.86. The summed E-state index contributed by atoms with van der Waals surface area (Å²) in [7, 11) is 0. The van der Waals surface area contributed by atoms with Gasteiger partial charge in [-0.05, 0) is 36.8 Å². The molecule has 2 atom stereocenters. The average Bonchev–Trinajstić information content (AvgIpc) is 3.31. The van der Waals surface area contributed by atoms with E-state index in [1.54, 1.807) is 41.2 Å². The van der Waals surface area contributed by atoms with E-state index in [1.165, 1.54) is 24.3 Å². The van der Waals surface area contributed by atoms with Crippen LogP contribution in [0.5, 0.6) is 0 Å².